The second-order valence-electron chi connectivity index (χ2n) is 3.47. The lowest BCUT2D eigenvalue weighted by Gasteiger charge is -2.03. The van der Waals surface area contributed by atoms with Gasteiger partial charge in [0.05, 0.1) is 10.6 Å². The molecule has 0 aliphatic heterocycles. The van der Waals surface area contributed by atoms with E-state index in [0.29, 0.717) is 10.8 Å². The number of nitrogens with one attached hydrogen (secondary N) is 1. The molecule has 2 heterocycles. The molecule has 0 radical (unpaired) electrons. The van der Waals surface area contributed by atoms with Crippen LogP contribution in [0.25, 0.3) is 10.6 Å². The zero-order valence-corrected chi connectivity index (χ0v) is 10.3. The molecule has 2 rings (SSSR count). The Balaban J connectivity index is 2.23. The number of nitriles is 1. The Bertz CT molecular complexity index is 541. The highest BCUT2D eigenvalue weighted by atomic mass is 32.1. The second-order valence-corrected chi connectivity index (χ2v) is 4.55. The Morgan fingerprint density at radius 1 is 1.41 bits per heavy atom. The lowest BCUT2D eigenvalue weighted by molar-refractivity contribution is 0.953. The highest BCUT2D eigenvalue weighted by Gasteiger charge is 2.05. The van der Waals surface area contributed by atoms with E-state index in [2.05, 4.69) is 28.3 Å². The molecule has 0 aliphatic rings. The summed E-state index contributed by atoms with van der Waals surface area (Å²) in [6, 6.07) is 7.70. The predicted octanol–water partition coefficient (Wildman–Crippen LogP) is 2.90. The first-order chi connectivity index (χ1) is 8.33. The van der Waals surface area contributed by atoms with E-state index in [0.717, 1.165) is 23.5 Å². The number of hydrogen-bond acceptors (Lipinski definition) is 5. The SMILES string of the molecule is CCCNc1nccc(-c2ccc(C#N)s2)n1. The van der Waals surface area contributed by atoms with Crippen LogP contribution in [0.4, 0.5) is 5.95 Å². The summed E-state index contributed by atoms with van der Waals surface area (Å²) in [5, 5.41) is 11.9. The maximum atomic E-state index is 8.78. The molecule has 2 aromatic rings. The van der Waals surface area contributed by atoms with Gasteiger partial charge in [0.1, 0.15) is 10.9 Å². The largest absolute Gasteiger partial charge is 0.354 e. The molecule has 0 bridgehead atoms. The third kappa shape index (κ3) is 2.80. The normalized spacial score (nSPS) is 9.88. The lowest BCUT2D eigenvalue weighted by atomic mass is 10.3. The highest BCUT2D eigenvalue weighted by Crippen LogP contribution is 2.26. The lowest BCUT2D eigenvalue weighted by Crippen LogP contribution is -2.04. The Morgan fingerprint density at radius 3 is 3.00 bits per heavy atom. The quantitative estimate of drug-likeness (QED) is 0.898. The van der Waals surface area contributed by atoms with Gasteiger partial charge in [-0.2, -0.15) is 5.26 Å². The predicted molar refractivity (Wildman–Crippen MR) is 68.8 cm³/mol. The molecule has 5 heteroatoms. The van der Waals surface area contributed by atoms with Crippen LogP contribution in [0.2, 0.25) is 0 Å². The molecule has 2 aromatic heterocycles. The average Bonchev–Trinajstić information content (AvgIpc) is 2.85. The van der Waals surface area contributed by atoms with Crippen LogP contribution in [0.15, 0.2) is 24.4 Å². The summed E-state index contributed by atoms with van der Waals surface area (Å²) < 4.78 is 0. The Hall–Kier alpha value is -1.93. The highest BCUT2D eigenvalue weighted by molar-refractivity contribution is 7.15. The molecule has 0 aromatic carbocycles. The minimum atomic E-state index is 0.635. The maximum Gasteiger partial charge on any atom is 0.223 e. The van der Waals surface area contributed by atoms with Gasteiger partial charge in [-0.25, -0.2) is 9.97 Å². The summed E-state index contributed by atoms with van der Waals surface area (Å²) in [4.78, 5) is 10.2. The molecular weight excluding hydrogens is 232 g/mol. The van der Waals surface area contributed by atoms with Crippen molar-refractivity contribution in [1.82, 2.24) is 9.97 Å². The van der Waals surface area contributed by atoms with Crippen molar-refractivity contribution >= 4 is 17.3 Å². The van der Waals surface area contributed by atoms with E-state index in [1.165, 1.54) is 11.3 Å². The van der Waals surface area contributed by atoms with Gasteiger partial charge in [0.2, 0.25) is 5.95 Å². The van der Waals surface area contributed by atoms with Gasteiger partial charge in [-0.15, -0.1) is 11.3 Å². The second kappa shape index (κ2) is 5.41. The first-order valence-corrected chi connectivity index (χ1v) is 6.22. The van der Waals surface area contributed by atoms with Gasteiger partial charge in [-0.05, 0) is 24.6 Å². The Morgan fingerprint density at radius 2 is 2.29 bits per heavy atom. The van der Waals surface area contributed by atoms with Crippen LogP contribution >= 0.6 is 11.3 Å². The summed E-state index contributed by atoms with van der Waals surface area (Å²) >= 11 is 1.44. The average molecular weight is 244 g/mol. The van der Waals surface area contributed by atoms with Crippen molar-refractivity contribution in [2.75, 3.05) is 11.9 Å². The molecule has 0 unspecified atom stereocenters. The fraction of sp³-hybridized carbons (Fsp3) is 0.250. The molecule has 0 amide bonds. The molecule has 0 saturated heterocycles. The standard InChI is InChI=1S/C12H12N4S/c1-2-6-14-12-15-7-5-10(16-12)11-4-3-9(8-13)17-11/h3-5,7H,2,6H2,1H3,(H,14,15,16). The van der Waals surface area contributed by atoms with Crippen LogP contribution in [-0.2, 0) is 0 Å². The van der Waals surface area contributed by atoms with Crippen LogP contribution in [0.5, 0.6) is 0 Å². The summed E-state index contributed by atoms with van der Waals surface area (Å²) in [5.41, 5.74) is 0.852. The Kier molecular flexibility index (Phi) is 3.68. The van der Waals surface area contributed by atoms with Crippen molar-refractivity contribution < 1.29 is 0 Å². The first kappa shape index (κ1) is 11.6. The van der Waals surface area contributed by atoms with Crippen LogP contribution in [0.1, 0.15) is 18.2 Å². The molecule has 1 N–H and O–H groups in total. The molecule has 17 heavy (non-hydrogen) atoms. The van der Waals surface area contributed by atoms with Gasteiger partial charge in [-0.1, -0.05) is 6.92 Å². The van der Waals surface area contributed by atoms with Gasteiger partial charge in [0, 0.05) is 12.7 Å². The van der Waals surface area contributed by atoms with Crippen molar-refractivity contribution in [2.24, 2.45) is 0 Å². The van der Waals surface area contributed by atoms with Crippen molar-refractivity contribution in [3.05, 3.63) is 29.3 Å². The summed E-state index contributed by atoms with van der Waals surface area (Å²) in [6.07, 6.45) is 2.76. The first-order valence-electron chi connectivity index (χ1n) is 5.40. The number of nitrogens with zero attached hydrogens (tertiary/aromatic N) is 3. The van der Waals surface area contributed by atoms with Crippen molar-refractivity contribution in [3.8, 4) is 16.6 Å². The van der Waals surface area contributed by atoms with Crippen LogP contribution < -0.4 is 5.32 Å². The van der Waals surface area contributed by atoms with Crippen molar-refractivity contribution in [2.45, 2.75) is 13.3 Å². The van der Waals surface area contributed by atoms with E-state index in [4.69, 9.17) is 5.26 Å². The third-order valence-corrected chi connectivity index (χ3v) is 3.17. The summed E-state index contributed by atoms with van der Waals surface area (Å²) in [6.45, 7) is 2.95. The molecule has 0 saturated carbocycles. The third-order valence-electron chi connectivity index (χ3n) is 2.16. The van der Waals surface area contributed by atoms with E-state index in [9.17, 15) is 0 Å². The zero-order valence-electron chi connectivity index (χ0n) is 9.47. The number of aromatic nitrogens is 2. The topological polar surface area (TPSA) is 61.6 Å². The number of hydrogen-bond donors (Lipinski definition) is 1. The van der Waals surface area contributed by atoms with E-state index in [-0.39, 0.29) is 0 Å². The van der Waals surface area contributed by atoms with E-state index < -0.39 is 0 Å². The minimum absolute atomic E-state index is 0.635. The molecule has 0 aliphatic carbocycles. The smallest absolute Gasteiger partial charge is 0.223 e. The molecule has 4 nitrogen and oxygen atoms in total. The molecule has 86 valence electrons. The monoisotopic (exact) mass is 244 g/mol. The number of rotatable bonds is 4. The van der Waals surface area contributed by atoms with E-state index >= 15 is 0 Å². The van der Waals surface area contributed by atoms with Crippen LogP contribution in [-0.4, -0.2) is 16.5 Å². The van der Waals surface area contributed by atoms with Crippen molar-refractivity contribution in [3.63, 3.8) is 0 Å². The fourth-order valence-electron chi connectivity index (χ4n) is 1.35. The zero-order chi connectivity index (χ0) is 12.1. The van der Waals surface area contributed by atoms with Gasteiger partial charge in [0.15, 0.2) is 0 Å². The van der Waals surface area contributed by atoms with E-state index in [1.54, 1.807) is 12.3 Å². The van der Waals surface area contributed by atoms with Gasteiger partial charge in [-0.3, -0.25) is 0 Å². The minimum Gasteiger partial charge on any atom is -0.354 e. The molecule has 0 spiro atoms. The van der Waals surface area contributed by atoms with E-state index in [1.807, 2.05) is 12.1 Å². The van der Waals surface area contributed by atoms with Gasteiger partial charge in [0.25, 0.3) is 0 Å². The number of anilines is 1. The maximum absolute atomic E-state index is 8.78. The molecular formula is C12H12N4S. The van der Waals surface area contributed by atoms with Gasteiger partial charge >= 0.3 is 0 Å². The summed E-state index contributed by atoms with van der Waals surface area (Å²) in [5.74, 6) is 0.635. The fourth-order valence-corrected chi connectivity index (χ4v) is 2.13. The molecule has 0 atom stereocenters. The van der Waals surface area contributed by atoms with Crippen molar-refractivity contribution in [1.29, 1.82) is 5.26 Å². The number of thiophene rings is 1. The summed E-state index contributed by atoms with van der Waals surface area (Å²) in [7, 11) is 0. The van der Waals surface area contributed by atoms with Crippen LogP contribution in [0, 0.1) is 11.3 Å². The van der Waals surface area contributed by atoms with Gasteiger partial charge < -0.3 is 5.32 Å². The molecule has 0 fully saturated rings. The Labute approximate surface area is 104 Å². The van der Waals surface area contributed by atoms with Crippen LogP contribution in [0.3, 0.4) is 0 Å².